The van der Waals surface area contributed by atoms with Crippen LogP contribution in [0.5, 0.6) is 0 Å². The monoisotopic (exact) mass is 540 g/mol. The van der Waals surface area contributed by atoms with E-state index in [1.165, 1.54) is 31.0 Å². The Kier molecular flexibility index (Phi) is 9.26. The lowest BCUT2D eigenvalue weighted by Crippen LogP contribution is -2.44. The number of hydrogen-bond donors (Lipinski definition) is 1. The smallest absolute Gasteiger partial charge is 0.410 e. The van der Waals surface area contributed by atoms with Crippen LogP contribution in [0.2, 0.25) is 0 Å². The Morgan fingerprint density at radius 3 is 2.38 bits per heavy atom. The van der Waals surface area contributed by atoms with Crippen molar-refractivity contribution in [1.82, 2.24) is 9.88 Å². The SMILES string of the molecule is CC(OC(=O)N(C)CC(c1cc[nH]c1)C(Br)(Cc1ccc(F)cc1)OC=O)C(=O)OC(C)(C)C. The Bertz CT molecular complexity index is 961. The molecule has 1 N–H and O–H groups in total. The summed E-state index contributed by atoms with van der Waals surface area (Å²) in [4.78, 5) is 40.6. The maximum Gasteiger partial charge on any atom is 0.410 e. The van der Waals surface area contributed by atoms with Crippen molar-refractivity contribution in [2.45, 2.75) is 56.2 Å². The van der Waals surface area contributed by atoms with E-state index in [0.29, 0.717) is 12.0 Å². The summed E-state index contributed by atoms with van der Waals surface area (Å²) in [5, 5.41) is 0. The zero-order chi connectivity index (χ0) is 25.5. The lowest BCUT2D eigenvalue weighted by atomic mass is 9.90. The van der Waals surface area contributed by atoms with Crippen LogP contribution in [0.1, 0.15) is 44.7 Å². The van der Waals surface area contributed by atoms with Gasteiger partial charge in [-0.25, -0.2) is 14.0 Å². The first-order valence-electron chi connectivity index (χ1n) is 10.7. The van der Waals surface area contributed by atoms with Gasteiger partial charge < -0.3 is 24.1 Å². The second kappa shape index (κ2) is 11.5. The van der Waals surface area contributed by atoms with E-state index in [1.54, 1.807) is 51.4 Å². The molecule has 0 bridgehead atoms. The molecule has 2 rings (SSSR count). The van der Waals surface area contributed by atoms with E-state index in [4.69, 9.17) is 14.2 Å². The zero-order valence-corrected chi connectivity index (χ0v) is 21.4. The van der Waals surface area contributed by atoms with Gasteiger partial charge in [-0.3, -0.25) is 4.79 Å². The Morgan fingerprint density at radius 2 is 1.85 bits per heavy atom. The van der Waals surface area contributed by atoms with Crippen molar-refractivity contribution in [2.75, 3.05) is 13.6 Å². The predicted molar refractivity (Wildman–Crippen MR) is 127 cm³/mol. The molecule has 1 aromatic heterocycles. The summed E-state index contributed by atoms with van der Waals surface area (Å²) < 4.78 is 28.1. The van der Waals surface area contributed by atoms with Crippen LogP contribution in [0.15, 0.2) is 42.7 Å². The molecule has 10 heteroatoms. The molecule has 186 valence electrons. The molecule has 0 saturated heterocycles. The highest BCUT2D eigenvalue weighted by Crippen LogP contribution is 2.40. The Morgan fingerprint density at radius 1 is 1.21 bits per heavy atom. The van der Waals surface area contributed by atoms with Gasteiger partial charge in [-0.05, 0) is 73.0 Å². The summed E-state index contributed by atoms with van der Waals surface area (Å²) in [6, 6.07) is 7.61. The molecule has 1 amide bonds. The largest absolute Gasteiger partial charge is 0.457 e. The number of carbonyl (C=O) groups is 3. The zero-order valence-electron chi connectivity index (χ0n) is 19.8. The highest BCUT2D eigenvalue weighted by molar-refractivity contribution is 9.10. The molecule has 0 saturated carbocycles. The molecule has 3 atom stereocenters. The molecule has 1 aromatic carbocycles. The number of aromatic nitrogens is 1. The van der Waals surface area contributed by atoms with Crippen LogP contribution in [0, 0.1) is 5.82 Å². The first-order valence-corrected chi connectivity index (χ1v) is 11.5. The number of benzene rings is 1. The van der Waals surface area contributed by atoms with Crippen molar-refractivity contribution in [3.05, 3.63) is 59.7 Å². The van der Waals surface area contributed by atoms with Crippen LogP contribution in [0.25, 0.3) is 0 Å². The number of amides is 1. The van der Waals surface area contributed by atoms with Crippen LogP contribution in [-0.4, -0.2) is 58.2 Å². The number of H-pyrrole nitrogens is 1. The summed E-state index contributed by atoms with van der Waals surface area (Å²) in [6.07, 6.45) is 1.76. The van der Waals surface area contributed by atoms with Crippen LogP contribution >= 0.6 is 15.9 Å². The normalized spacial score (nSPS) is 14.9. The quantitative estimate of drug-likeness (QED) is 0.205. The number of aromatic amines is 1. The molecule has 1 heterocycles. The summed E-state index contributed by atoms with van der Waals surface area (Å²) in [6.45, 7) is 6.98. The first-order chi connectivity index (χ1) is 15.8. The first kappa shape index (κ1) is 27.4. The topological polar surface area (TPSA) is 97.9 Å². The maximum atomic E-state index is 13.4. The molecule has 34 heavy (non-hydrogen) atoms. The minimum Gasteiger partial charge on any atom is -0.457 e. The molecule has 3 unspecified atom stereocenters. The van der Waals surface area contributed by atoms with E-state index in [0.717, 1.165) is 5.56 Å². The molecular weight excluding hydrogens is 511 g/mol. The Hall–Kier alpha value is -2.88. The van der Waals surface area contributed by atoms with E-state index < -0.39 is 34.2 Å². The van der Waals surface area contributed by atoms with Gasteiger partial charge in [0.25, 0.3) is 6.47 Å². The van der Waals surface area contributed by atoms with Gasteiger partial charge in [0, 0.05) is 32.4 Å². The molecule has 2 aromatic rings. The van der Waals surface area contributed by atoms with Crippen molar-refractivity contribution in [1.29, 1.82) is 0 Å². The number of alkyl halides is 1. The Balaban J connectivity index is 2.22. The van der Waals surface area contributed by atoms with Crippen LogP contribution in [0.4, 0.5) is 9.18 Å². The van der Waals surface area contributed by atoms with Gasteiger partial charge in [-0.1, -0.05) is 12.1 Å². The number of carbonyl (C=O) groups excluding carboxylic acids is 3. The van der Waals surface area contributed by atoms with Crippen LogP contribution in [0.3, 0.4) is 0 Å². The Labute approximate surface area is 206 Å². The van der Waals surface area contributed by atoms with Gasteiger partial charge >= 0.3 is 12.1 Å². The summed E-state index contributed by atoms with van der Waals surface area (Å²) in [5.41, 5.74) is 0.746. The highest BCUT2D eigenvalue weighted by Gasteiger charge is 2.41. The molecular formula is C24H30BrFN2O6. The summed E-state index contributed by atoms with van der Waals surface area (Å²) in [5.74, 6) is -1.60. The number of nitrogens with one attached hydrogen (secondary N) is 1. The van der Waals surface area contributed by atoms with Crippen molar-refractivity contribution < 1.29 is 33.0 Å². The fourth-order valence-electron chi connectivity index (χ4n) is 3.27. The van der Waals surface area contributed by atoms with E-state index in [1.807, 2.05) is 0 Å². The minimum absolute atomic E-state index is 0.0675. The maximum absolute atomic E-state index is 13.4. The van der Waals surface area contributed by atoms with E-state index >= 15 is 0 Å². The summed E-state index contributed by atoms with van der Waals surface area (Å²) >= 11 is 3.56. The lowest BCUT2D eigenvalue weighted by molar-refractivity contribution is -0.164. The molecule has 0 aliphatic heterocycles. The molecule has 0 aliphatic carbocycles. The van der Waals surface area contributed by atoms with Gasteiger partial charge in [0.2, 0.25) is 0 Å². The highest BCUT2D eigenvalue weighted by atomic mass is 79.9. The third-order valence-electron chi connectivity index (χ3n) is 4.93. The number of hydrogen-bond acceptors (Lipinski definition) is 6. The van der Waals surface area contributed by atoms with Crippen molar-refractivity contribution in [3.63, 3.8) is 0 Å². The van der Waals surface area contributed by atoms with Crippen LogP contribution in [-0.2, 0) is 30.2 Å². The third-order valence-corrected chi connectivity index (χ3v) is 5.95. The number of nitrogens with zero attached hydrogens (tertiary/aromatic N) is 1. The average Bonchev–Trinajstić information content (AvgIpc) is 3.26. The number of rotatable bonds is 10. The fraction of sp³-hybridized carbons (Fsp3) is 0.458. The fourth-order valence-corrected chi connectivity index (χ4v) is 4.08. The number of ether oxygens (including phenoxy) is 3. The van der Waals surface area contributed by atoms with Crippen molar-refractivity contribution in [2.24, 2.45) is 0 Å². The van der Waals surface area contributed by atoms with E-state index in [-0.39, 0.29) is 18.8 Å². The molecule has 0 fully saturated rings. The van der Waals surface area contributed by atoms with Crippen molar-refractivity contribution >= 4 is 34.5 Å². The third kappa shape index (κ3) is 7.86. The summed E-state index contributed by atoms with van der Waals surface area (Å²) in [7, 11) is 1.51. The van der Waals surface area contributed by atoms with E-state index in [2.05, 4.69) is 20.9 Å². The second-order valence-electron chi connectivity index (χ2n) is 8.94. The number of likely N-dealkylation sites (N-methyl/N-ethyl adjacent to an activating group) is 1. The van der Waals surface area contributed by atoms with Gasteiger partial charge in [-0.15, -0.1) is 0 Å². The average molecular weight is 541 g/mol. The molecule has 0 aliphatic rings. The van der Waals surface area contributed by atoms with Gasteiger partial charge in [0.1, 0.15) is 11.4 Å². The minimum atomic E-state index is -1.26. The van der Waals surface area contributed by atoms with E-state index in [9.17, 15) is 18.8 Å². The number of halogens is 2. The molecule has 8 nitrogen and oxygen atoms in total. The molecule has 0 radical (unpaired) electrons. The molecule has 0 spiro atoms. The van der Waals surface area contributed by atoms with Gasteiger partial charge in [0.15, 0.2) is 10.6 Å². The van der Waals surface area contributed by atoms with Gasteiger partial charge in [0.05, 0.1) is 5.92 Å². The van der Waals surface area contributed by atoms with Crippen LogP contribution < -0.4 is 0 Å². The van der Waals surface area contributed by atoms with Crippen molar-refractivity contribution in [3.8, 4) is 0 Å². The second-order valence-corrected chi connectivity index (χ2v) is 10.3. The number of esters is 1. The lowest BCUT2D eigenvalue weighted by Gasteiger charge is -2.36. The predicted octanol–water partition coefficient (Wildman–Crippen LogP) is 4.54. The standard InChI is InChI=1S/C24H30BrFN2O6/c1-16(21(30)34-23(2,3)4)33-22(31)28(5)14-20(18-10-11-27-13-18)24(25,32-15-29)12-17-6-8-19(26)9-7-17/h6-11,13,15-16,20,27H,12,14H2,1-5H3. The van der Waals surface area contributed by atoms with Gasteiger partial charge in [-0.2, -0.15) is 0 Å².